The molecule has 2 bridgehead atoms. The summed E-state index contributed by atoms with van der Waals surface area (Å²) in [5.74, 6) is 0.561. The van der Waals surface area contributed by atoms with E-state index in [2.05, 4.69) is 35.2 Å². The van der Waals surface area contributed by atoms with Crippen LogP contribution in [0.1, 0.15) is 48.9 Å². The molecule has 2 aliphatic rings. The Morgan fingerprint density at radius 2 is 2.22 bits per heavy atom. The molecule has 2 saturated heterocycles. The summed E-state index contributed by atoms with van der Waals surface area (Å²) < 4.78 is 0. The summed E-state index contributed by atoms with van der Waals surface area (Å²) in [5.41, 5.74) is 0. The maximum Gasteiger partial charge on any atom is 0.0953 e. The Balaban J connectivity index is 1.61. The Hall–Kier alpha value is -0.450. The van der Waals surface area contributed by atoms with Gasteiger partial charge in [0.1, 0.15) is 0 Å². The normalized spacial score (nSPS) is 28.8. The molecule has 3 heterocycles. The van der Waals surface area contributed by atoms with Crippen LogP contribution in [0.5, 0.6) is 0 Å². The standard InChI is InChI=1S/C14H23N3S/c1-10(2)14-15-7-13(18-14)9-17-6-5-11-3-4-12(8-17)16-11/h7,10-12,16H,3-6,8-9H2,1-2H3. The van der Waals surface area contributed by atoms with Crippen LogP contribution in [0, 0.1) is 0 Å². The average molecular weight is 265 g/mol. The first kappa shape index (κ1) is 12.6. The van der Waals surface area contributed by atoms with E-state index in [9.17, 15) is 0 Å². The molecule has 100 valence electrons. The maximum atomic E-state index is 4.53. The molecule has 3 nitrogen and oxygen atoms in total. The van der Waals surface area contributed by atoms with Crippen molar-refractivity contribution >= 4 is 11.3 Å². The monoisotopic (exact) mass is 265 g/mol. The van der Waals surface area contributed by atoms with Gasteiger partial charge >= 0.3 is 0 Å². The van der Waals surface area contributed by atoms with Crippen LogP contribution in [0.15, 0.2) is 6.20 Å². The van der Waals surface area contributed by atoms with Gasteiger partial charge in [0.15, 0.2) is 0 Å². The van der Waals surface area contributed by atoms with E-state index in [4.69, 9.17) is 0 Å². The molecule has 1 aromatic rings. The summed E-state index contributed by atoms with van der Waals surface area (Å²) in [7, 11) is 0. The molecule has 1 aromatic heterocycles. The van der Waals surface area contributed by atoms with Crippen LogP contribution in [0.3, 0.4) is 0 Å². The second-order valence-electron chi connectivity index (χ2n) is 5.98. The van der Waals surface area contributed by atoms with Gasteiger partial charge in [-0.3, -0.25) is 4.90 Å². The van der Waals surface area contributed by atoms with Gasteiger partial charge in [0.25, 0.3) is 0 Å². The van der Waals surface area contributed by atoms with E-state index in [0.29, 0.717) is 5.92 Å². The van der Waals surface area contributed by atoms with E-state index in [1.165, 1.54) is 42.2 Å². The van der Waals surface area contributed by atoms with Crippen molar-refractivity contribution in [3.05, 3.63) is 16.1 Å². The summed E-state index contributed by atoms with van der Waals surface area (Å²) >= 11 is 1.89. The summed E-state index contributed by atoms with van der Waals surface area (Å²) in [6.07, 6.45) is 6.14. The van der Waals surface area contributed by atoms with E-state index in [0.717, 1.165) is 18.6 Å². The summed E-state index contributed by atoms with van der Waals surface area (Å²) in [6, 6.07) is 1.52. The summed E-state index contributed by atoms with van der Waals surface area (Å²) in [4.78, 5) is 8.56. The lowest BCUT2D eigenvalue weighted by molar-refractivity contribution is 0.253. The average Bonchev–Trinajstić information content (AvgIpc) is 2.89. The first-order valence-corrected chi connectivity index (χ1v) is 7.95. The topological polar surface area (TPSA) is 28.2 Å². The number of nitrogens with one attached hydrogen (secondary N) is 1. The lowest BCUT2D eigenvalue weighted by Crippen LogP contribution is -2.34. The lowest BCUT2D eigenvalue weighted by atomic mass is 10.1. The minimum atomic E-state index is 0.561. The van der Waals surface area contributed by atoms with Crippen molar-refractivity contribution in [1.82, 2.24) is 15.2 Å². The third kappa shape index (κ3) is 2.76. The summed E-state index contributed by atoms with van der Waals surface area (Å²) in [6.45, 7) is 7.98. The van der Waals surface area contributed by atoms with Crippen LogP contribution in [0.25, 0.3) is 0 Å². The van der Waals surface area contributed by atoms with Gasteiger partial charge < -0.3 is 5.32 Å². The van der Waals surface area contributed by atoms with Gasteiger partial charge in [-0.05, 0) is 19.3 Å². The minimum absolute atomic E-state index is 0.561. The third-order valence-corrected chi connectivity index (χ3v) is 5.33. The number of rotatable bonds is 3. The molecule has 0 spiro atoms. The highest BCUT2D eigenvalue weighted by atomic mass is 32.1. The van der Waals surface area contributed by atoms with Gasteiger partial charge in [0.05, 0.1) is 5.01 Å². The minimum Gasteiger partial charge on any atom is -0.310 e. The highest BCUT2D eigenvalue weighted by molar-refractivity contribution is 7.11. The van der Waals surface area contributed by atoms with Crippen molar-refractivity contribution in [1.29, 1.82) is 0 Å². The van der Waals surface area contributed by atoms with Crippen molar-refractivity contribution < 1.29 is 0 Å². The van der Waals surface area contributed by atoms with Gasteiger partial charge in [-0.2, -0.15) is 0 Å². The number of likely N-dealkylation sites (tertiary alicyclic amines) is 1. The van der Waals surface area contributed by atoms with Crippen molar-refractivity contribution in [2.45, 2.75) is 57.7 Å². The molecule has 0 radical (unpaired) electrons. The molecule has 2 fully saturated rings. The van der Waals surface area contributed by atoms with Crippen molar-refractivity contribution in [2.75, 3.05) is 13.1 Å². The van der Waals surface area contributed by atoms with Crippen LogP contribution < -0.4 is 5.32 Å². The lowest BCUT2D eigenvalue weighted by Gasteiger charge is -2.22. The fourth-order valence-corrected chi connectivity index (χ4v) is 4.00. The van der Waals surface area contributed by atoms with E-state index >= 15 is 0 Å². The number of aromatic nitrogens is 1. The molecule has 3 rings (SSSR count). The largest absolute Gasteiger partial charge is 0.310 e. The fourth-order valence-electron chi connectivity index (χ4n) is 3.04. The van der Waals surface area contributed by atoms with Gasteiger partial charge in [0, 0.05) is 48.7 Å². The van der Waals surface area contributed by atoms with E-state index in [-0.39, 0.29) is 0 Å². The highest BCUT2D eigenvalue weighted by Gasteiger charge is 2.29. The molecule has 2 atom stereocenters. The Morgan fingerprint density at radius 3 is 3.00 bits per heavy atom. The predicted octanol–water partition coefficient (Wildman–Crippen LogP) is 2.59. The fraction of sp³-hybridized carbons (Fsp3) is 0.786. The smallest absolute Gasteiger partial charge is 0.0953 e. The Kier molecular flexibility index (Phi) is 3.68. The second kappa shape index (κ2) is 5.27. The molecule has 1 N–H and O–H groups in total. The Morgan fingerprint density at radius 1 is 1.39 bits per heavy atom. The molecule has 0 amide bonds. The van der Waals surface area contributed by atoms with Gasteiger partial charge in [-0.15, -0.1) is 11.3 Å². The molecule has 0 aliphatic carbocycles. The number of fused-ring (bicyclic) bond motifs is 2. The second-order valence-corrected chi connectivity index (χ2v) is 7.13. The third-order valence-electron chi connectivity index (χ3n) is 4.05. The zero-order chi connectivity index (χ0) is 12.5. The van der Waals surface area contributed by atoms with Gasteiger partial charge in [-0.25, -0.2) is 4.98 Å². The van der Waals surface area contributed by atoms with Crippen LogP contribution >= 0.6 is 11.3 Å². The molecule has 18 heavy (non-hydrogen) atoms. The van der Waals surface area contributed by atoms with E-state index in [1.807, 2.05) is 11.3 Å². The van der Waals surface area contributed by atoms with Gasteiger partial charge in [-0.1, -0.05) is 13.8 Å². The Bertz CT molecular complexity index is 401. The molecular formula is C14H23N3S. The van der Waals surface area contributed by atoms with E-state index in [1.54, 1.807) is 0 Å². The van der Waals surface area contributed by atoms with Crippen molar-refractivity contribution in [3.63, 3.8) is 0 Å². The molecule has 0 saturated carbocycles. The SMILES string of the molecule is CC(C)c1ncc(CN2CCC3CCC(C2)N3)s1. The predicted molar refractivity (Wildman–Crippen MR) is 76.0 cm³/mol. The molecule has 2 aliphatic heterocycles. The molecular weight excluding hydrogens is 242 g/mol. The first-order valence-electron chi connectivity index (χ1n) is 7.13. The maximum absolute atomic E-state index is 4.53. The van der Waals surface area contributed by atoms with Crippen LogP contribution in [-0.4, -0.2) is 35.1 Å². The molecule has 4 heteroatoms. The Labute approximate surface area is 114 Å². The van der Waals surface area contributed by atoms with Crippen LogP contribution in [-0.2, 0) is 6.54 Å². The first-order chi connectivity index (χ1) is 8.70. The number of thiazole rings is 1. The van der Waals surface area contributed by atoms with E-state index < -0.39 is 0 Å². The van der Waals surface area contributed by atoms with Crippen LogP contribution in [0.4, 0.5) is 0 Å². The van der Waals surface area contributed by atoms with Crippen LogP contribution in [0.2, 0.25) is 0 Å². The summed E-state index contributed by atoms with van der Waals surface area (Å²) in [5, 5.41) is 5.02. The highest BCUT2D eigenvalue weighted by Crippen LogP contribution is 2.25. The zero-order valence-corrected chi connectivity index (χ0v) is 12.2. The number of hydrogen-bond donors (Lipinski definition) is 1. The number of nitrogens with zero attached hydrogens (tertiary/aromatic N) is 2. The van der Waals surface area contributed by atoms with Crippen molar-refractivity contribution in [3.8, 4) is 0 Å². The molecule has 0 aromatic carbocycles. The number of hydrogen-bond acceptors (Lipinski definition) is 4. The van der Waals surface area contributed by atoms with Crippen molar-refractivity contribution in [2.24, 2.45) is 0 Å². The quantitative estimate of drug-likeness (QED) is 0.910. The zero-order valence-electron chi connectivity index (χ0n) is 11.4. The molecule has 2 unspecified atom stereocenters. The van der Waals surface area contributed by atoms with Gasteiger partial charge in [0.2, 0.25) is 0 Å².